The number of aromatic nitrogens is 2. The number of fused-ring (bicyclic) bond motifs is 1. The van der Waals surface area contributed by atoms with E-state index in [1.807, 2.05) is 104 Å². The number of nitrogens with zero attached hydrogens (tertiary/aromatic N) is 4. The molecule has 8 nitrogen and oxygen atoms in total. The maximum absolute atomic E-state index is 13.7. The van der Waals surface area contributed by atoms with E-state index in [1.54, 1.807) is 11.9 Å². The van der Waals surface area contributed by atoms with Crippen LogP contribution in [0.3, 0.4) is 0 Å². The molecule has 0 amide bonds. The molecule has 0 saturated heterocycles. The molecule has 0 bridgehead atoms. The number of allylic oxidation sites excluding steroid dienone is 2. The summed E-state index contributed by atoms with van der Waals surface area (Å²) in [4.78, 5) is 40.2. The number of likely N-dealkylation sites (N-methyl/N-ethyl adjacent to an activating group) is 2. The average Bonchev–Trinajstić information content (AvgIpc) is 3.12. The van der Waals surface area contributed by atoms with Crippen molar-refractivity contribution in [3.05, 3.63) is 166 Å². The third-order valence-electron chi connectivity index (χ3n) is 8.39. The van der Waals surface area contributed by atoms with E-state index in [-0.39, 0.29) is 36.2 Å². The summed E-state index contributed by atoms with van der Waals surface area (Å²) in [6.45, 7) is 1.39. The van der Waals surface area contributed by atoms with E-state index in [0.717, 1.165) is 24.9 Å². The van der Waals surface area contributed by atoms with Crippen LogP contribution in [0.25, 0.3) is 0 Å². The Morgan fingerprint density at radius 1 is 0.551 bits per heavy atom. The van der Waals surface area contributed by atoms with Crippen LogP contribution >= 0.6 is 0 Å². The highest BCUT2D eigenvalue weighted by Gasteiger charge is 2.32. The zero-order valence-corrected chi connectivity index (χ0v) is 28.1. The fourth-order valence-electron chi connectivity index (χ4n) is 5.57. The molecule has 0 aliphatic heterocycles. The second-order valence-corrected chi connectivity index (χ2v) is 12.5. The van der Waals surface area contributed by atoms with Gasteiger partial charge >= 0.3 is 0 Å². The molecular formula is C41H40N4O4. The molecule has 6 rings (SSSR count). The van der Waals surface area contributed by atoms with Gasteiger partial charge in [0.15, 0.2) is 0 Å². The molecular weight excluding hydrogens is 612 g/mol. The molecule has 248 valence electrons. The normalized spacial score (nSPS) is 12.4. The smallest absolute Gasteiger partial charge is 0.229 e. The zero-order valence-electron chi connectivity index (χ0n) is 28.1. The van der Waals surface area contributed by atoms with E-state index in [1.165, 1.54) is 22.8 Å². The largest absolute Gasteiger partial charge is 0.487 e. The van der Waals surface area contributed by atoms with Crippen LogP contribution in [0.15, 0.2) is 121 Å². The second-order valence-electron chi connectivity index (χ2n) is 12.5. The van der Waals surface area contributed by atoms with Gasteiger partial charge in [0, 0.05) is 26.2 Å². The van der Waals surface area contributed by atoms with Gasteiger partial charge in [-0.3, -0.25) is 9.59 Å². The maximum atomic E-state index is 13.7. The Kier molecular flexibility index (Phi) is 10.6. The highest BCUT2D eigenvalue weighted by Crippen LogP contribution is 2.25. The maximum Gasteiger partial charge on any atom is 0.229 e. The molecule has 0 N–H and O–H groups in total. The molecule has 0 spiro atoms. The number of Topliss-reactive ketones (excluding diaryl/α,β-unsaturated/α-hetero) is 1. The lowest BCUT2D eigenvalue weighted by Crippen LogP contribution is -2.35. The third-order valence-corrected chi connectivity index (χ3v) is 8.39. The van der Waals surface area contributed by atoms with E-state index in [9.17, 15) is 9.59 Å². The van der Waals surface area contributed by atoms with E-state index in [0.29, 0.717) is 35.1 Å². The highest BCUT2D eigenvalue weighted by atomic mass is 16.5. The van der Waals surface area contributed by atoms with Gasteiger partial charge in [-0.2, -0.15) is 0 Å². The number of carbonyl (C=O) groups is 2. The minimum atomic E-state index is -0.359. The zero-order chi connectivity index (χ0) is 34.2. The topological polar surface area (TPSA) is 84.9 Å². The average molecular weight is 653 g/mol. The van der Waals surface area contributed by atoms with Crippen molar-refractivity contribution in [1.29, 1.82) is 0 Å². The fraction of sp³-hybridized carbons (Fsp3) is 0.220. The van der Waals surface area contributed by atoms with Gasteiger partial charge in [-0.25, -0.2) is 9.97 Å². The first-order valence-corrected chi connectivity index (χ1v) is 16.4. The van der Waals surface area contributed by atoms with Gasteiger partial charge in [-0.15, -0.1) is 0 Å². The summed E-state index contributed by atoms with van der Waals surface area (Å²) >= 11 is 0. The molecule has 1 aliphatic carbocycles. The van der Waals surface area contributed by atoms with Gasteiger partial charge < -0.3 is 19.3 Å². The van der Waals surface area contributed by atoms with Crippen LogP contribution in [-0.2, 0) is 26.1 Å². The van der Waals surface area contributed by atoms with Crippen molar-refractivity contribution < 1.29 is 19.1 Å². The number of benzene rings is 4. The Morgan fingerprint density at radius 2 is 1.00 bits per heavy atom. The van der Waals surface area contributed by atoms with Crippen molar-refractivity contribution in [2.45, 2.75) is 26.1 Å². The molecule has 1 aromatic heterocycles. The summed E-state index contributed by atoms with van der Waals surface area (Å²) < 4.78 is 12.3. The Balaban J connectivity index is 1.21. The first-order valence-electron chi connectivity index (χ1n) is 16.4. The van der Waals surface area contributed by atoms with Crippen molar-refractivity contribution in [3.63, 3.8) is 0 Å². The molecule has 0 atom stereocenters. The van der Waals surface area contributed by atoms with Crippen LogP contribution in [0, 0.1) is 0 Å². The van der Waals surface area contributed by atoms with Crippen LogP contribution in [0.1, 0.15) is 54.6 Å². The van der Waals surface area contributed by atoms with Crippen LogP contribution in [0.2, 0.25) is 0 Å². The van der Waals surface area contributed by atoms with Gasteiger partial charge in [0.2, 0.25) is 11.6 Å². The SMILES string of the molecule is CN(C)CCN(C)C1=CC(=O)c2nc(COc3ccc(Cc4ccccc4)cc3)c(COc3ccc(Cc4ccccc4)cc3)nc2C1=O. The number of ketones is 2. The van der Waals surface area contributed by atoms with Crippen molar-refractivity contribution in [1.82, 2.24) is 19.8 Å². The van der Waals surface area contributed by atoms with Crippen molar-refractivity contribution in [2.75, 3.05) is 34.2 Å². The van der Waals surface area contributed by atoms with E-state index >= 15 is 0 Å². The molecule has 0 fully saturated rings. The molecule has 0 unspecified atom stereocenters. The molecule has 8 heteroatoms. The number of hydrogen-bond acceptors (Lipinski definition) is 8. The van der Waals surface area contributed by atoms with E-state index < -0.39 is 0 Å². The molecule has 1 heterocycles. The molecule has 49 heavy (non-hydrogen) atoms. The Morgan fingerprint density at radius 3 is 1.47 bits per heavy atom. The van der Waals surface area contributed by atoms with Gasteiger partial charge in [0.1, 0.15) is 47.5 Å². The second kappa shape index (κ2) is 15.5. The monoisotopic (exact) mass is 652 g/mol. The van der Waals surface area contributed by atoms with Gasteiger partial charge in [-0.1, -0.05) is 84.9 Å². The molecule has 1 aliphatic rings. The lowest BCUT2D eigenvalue weighted by Gasteiger charge is -2.26. The van der Waals surface area contributed by atoms with Crippen LogP contribution in [0.4, 0.5) is 0 Å². The van der Waals surface area contributed by atoms with Crippen LogP contribution < -0.4 is 9.47 Å². The van der Waals surface area contributed by atoms with E-state index in [4.69, 9.17) is 14.5 Å². The Bertz CT molecular complexity index is 1920. The lowest BCUT2D eigenvalue weighted by molar-refractivity contribution is 0.0946. The molecule has 4 aromatic carbocycles. The number of hydrogen-bond donors (Lipinski definition) is 0. The highest BCUT2D eigenvalue weighted by molar-refractivity contribution is 6.22. The Hall–Kier alpha value is -5.60. The van der Waals surface area contributed by atoms with Crippen LogP contribution in [-0.4, -0.2) is 65.6 Å². The first-order chi connectivity index (χ1) is 23.8. The van der Waals surface area contributed by atoms with Crippen molar-refractivity contribution in [3.8, 4) is 11.5 Å². The minimum Gasteiger partial charge on any atom is -0.487 e. The Labute approximate surface area is 287 Å². The standard InChI is InChI=1S/C41H40N4O4/c1-44(2)22-23-45(3)37-26-38(46)39-40(41(37)47)43-36(28-49-34-20-16-32(17-21-34)25-30-12-8-5-9-13-30)35(42-39)27-48-33-18-14-31(15-19-33)24-29-10-6-4-7-11-29/h4-21,26H,22-25,27-28H2,1-3H3. The summed E-state index contributed by atoms with van der Waals surface area (Å²) in [5, 5.41) is 0. The number of ether oxygens (including phenoxy) is 2. The van der Waals surface area contributed by atoms with Gasteiger partial charge in [-0.05, 0) is 73.5 Å². The third kappa shape index (κ3) is 8.66. The van der Waals surface area contributed by atoms with Crippen LogP contribution in [0.5, 0.6) is 11.5 Å². The predicted octanol–water partition coefficient (Wildman–Crippen LogP) is 6.57. The first kappa shape index (κ1) is 33.3. The number of carbonyl (C=O) groups excluding carboxylic acids is 2. The number of rotatable bonds is 14. The van der Waals surface area contributed by atoms with Crippen molar-refractivity contribution in [2.24, 2.45) is 0 Å². The van der Waals surface area contributed by atoms with Gasteiger partial charge in [0.25, 0.3) is 0 Å². The van der Waals surface area contributed by atoms with E-state index in [2.05, 4.69) is 29.2 Å². The summed E-state index contributed by atoms with van der Waals surface area (Å²) in [7, 11) is 5.73. The fourth-order valence-corrected chi connectivity index (χ4v) is 5.57. The molecule has 0 radical (unpaired) electrons. The summed E-state index contributed by atoms with van der Waals surface area (Å²) in [5.74, 6) is 0.617. The molecule has 0 saturated carbocycles. The lowest BCUT2D eigenvalue weighted by atomic mass is 10.00. The summed E-state index contributed by atoms with van der Waals surface area (Å²) in [6, 6.07) is 36.4. The van der Waals surface area contributed by atoms with Crippen molar-refractivity contribution >= 4 is 11.6 Å². The quantitative estimate of drug-likeness (QED) is 0.133. The van der Waals surface area contributed by atoms with Gasteiger partial charge in [0.05, 0.1) is 5.70 Å². The predicted molar refractivity (Wildman–Crippen MR) is 190 cm³/mol. The summed E-state index contributed by atoms with van der Waals surface area (Å²) in [5.41, 5.74) is 6.03. The molecule has 5 aromatic rings. The minimum absolute atomic E-state index is 0.0283. The summed E-state index contributed by atoms with van der Waals surface area (Å²) in [6.07, 6.45) is 3.00.